The minimum absolute atomic E-state index is 0.0620. The van der Waals surface area contributed by atoms with Crippen molar-refractivity contribution in [3.8, 4) is 0 Å². The fraction of sp³-hybridized carbons (Fsp3) is 0.235. The Kier molecular flexibility index (Phi) is 3.16. The first-order valence-electron chi connectivity index (χ1n) is 7.65. The zero-order chi connectivity index (χ0) is 16.0. The molecule has 0 spiro atoms. The summed E-state index contributed by atoms with van der Waals surface area (Å²) in [6, 6.07) is 8.28. The summed E-state index contributed by atoms with van der Waals surface area (Å²) in [5.74, 6) is 0.583. The molecule has 1 aromatic heterocycles. The lowest BCUT2D eigenvalue weighted by Gasteiger charge is -2.29. The van der Waals surface area contributed by atoms with E-state index in [9.17, 15) is 8.42 Å². The van der Waals surface area contributed by atoms with E-state index >= 15 is 0 Å². The smallest absolute Gasteiger partial charge is 0.256 e. The number of amidine groups is 1. The molecule has 6 heteroatoms. The van der Waals surface area contributed by atoms with Crippen LogP contribution in [0.4, 0.5) is 0 Å². The van der Waals surface area contributed by atoms with Crippen LogP contribution in [0, 0.1) is 0 Å². The van der Waals surface area contributed by atoms with Crippen LogP contribution in [0.1, 0.15) is 12.5 Å². The van der Waals surface area contributed by atoms with Gasteiger partial charge in [-0.05, 0) is 42.8 Å². The van der Waals surface area contributed by atoms with Crippen molar-refractivity contribution < 1.29 is 8.42 Å². The van der Waals surface area contributed by atoms with Crippen LogP contribution >= 0.6 is 0 Å². The second-order valence-corrected chi connectivity index (χ2v) is 7.45. The Bertz CT molecular complexity index is 980. The largest absolute Gasteiger partial charge is 0.348 e. The van der Waals surface area contributed by atoms with Crippen LogP contribution in [0.3, 0.4) is 0 Å². The maximum absolute atomic E-state index is 11.9. The van der Waals surface area contributed by atoms with Crippen LogP contribution in [-0.4, -0.2) is 36.0 Å². The fourth-order valence-corrected chi connectivity index (χ4v) is 4.07. The molecule has 0 amide bonds. The number of rotatable bonds is 2. The second kappa shape index (κ2) is 5.09. The lowest BCUT2D eigenvalue weighted by molar-refractivity contribution is 0.550. The van der Waals surface area contributed by atoms with Gasteiger partial charge in [0.05, 0.1) is 5.75 Å². The number of aromatic nitrogens is 1. The van der Waals surface area contributed by atoms with Crippen molar-refractivity contribution in [1.82, 2.24) is 9.47 Å². The molecule has 0 atom stereocenters. The molecule has 0 radical (unpaired) electrons. The van der Waals surface area contributed by atoms with E-state index in [1.165, 1.54) is 5.52 Å². The maximum atomic E-state index is 11.9. The summed E-state index contributed by atoms with van der Waals surface area (Å²) in [7, 11) is -3.37. The molecule has 0 bridgehead atoms. The van der Waals surface area contributed by atoms with Gasteiger partial charge < -0.3 is 9.47 Å². The van der Waals surface area contributed by atoms with Gasteiger partial charge in [-0.15, -0.1) is 4.40 Å². The molecule has 0 aliphatic carbocycles. The maximum Gasteiger partial charge on any atom is 0.256 e. The van der Waals surface area contributed by atoms with Crippen molar-refractivity contribution in [3.63, 3.8) is 0 Å². The molecule has 118 valence electrons. The first-order valence-corrected chi connectivity index (χ1v) is 9.26. The molecule has 3 heterocycles. The van der Waals surface area contributed by atoms with Crippen LogP contribution in [0.25, 0.3) is 16.5 Å². The molecule has 2 aliphatic rings. The van der Waals surface area contributed by atoms with Crippen molar-refractivity contribution >= 4 is 32.3 Å². The summed E-state index contributed by atoms with van der Waals surface area (Å²) in [4.78, 5) is 1.90. The molecule has 2 aliphatic heterocycles. The minimum atomic E-state index is -3.37. The van der Waals surface area contributed by atoms with E-state index in [0.29, 0.717) is 12.4 Å². The summed E-state index contributed by atoms with van der Waals surface area (Å²) in [6.45, 7) is 3.48. The summed E-state index contributed by atoms with van der Waals surface area (Å²) < 4.78 is 29.9. The normalized spacial score (nSPS) is 19.4. The van der Waals surface area contributed by atoms with Gasteiger partial charge in [0.25, 0.3) is 10.0 Å². The molecule has 0 unspecified atom stereocenters. The highest BCUT2D eigenvalue weighted by Gasteiger charge is 2.27. The fourth-order valence-electron chi connectivity index (χ4n) is 3.08. The van der Waals surface area contributed by atoms with Gasteiger partial charge in [0, 0.05) is 42.0 Å². The predicted molar refractivity (Wildman–Crippen MR) is 92.7 cm³/mol. The molecule has 23 heavy (non-hydrogen) atoms. The van der Waals surface area contributed by atoms with Gasteiger partial charge >= 0.3 is 0 Å². The Morgan fingerprint density at radius 3 is 2.96 bits per heavy atom. The van der Waals surface area contributed by atoms with Gasteiger partial charge in [-0.2, -0.15) is 0 Å². The van der Waals surface area contributed by atoms with Crippen LogP contribution in [0.5, 0.6) is 0 Å². The van der Waals surface area contributed by atoms with Crippen molar-refractivity contribution in [1.29, 1.82) is 0 Å². The Hall–Kier alpha value is -2.34. The van der Waals surface area contributed by atoms with Gasteiger partial charge in [-0.3, -0.25) is 0 Å². The van der Waals surface area contributed by atoms with E-state index in [0.717, 1.165) is 23.1 Å². The second-order valence-electron chi connectivity index (χ2n) is 5.69. The number of aryl methyl sites for hydroxylation is 1. The van der Waals surface area contributed by atoms with Crippen LogP contribution < -0.4 is 0 Å². The Labute approximate surface area is 135 Å². The van der Waals surface area contributed by atoms with Crippen LogP contribution in [0.15, 0.2) is 53.2 Å². The topological polar surface area (TPSA) is 54.7 Å². The number of hydrogen-bond donors (Lipinski definition) is 0. The molecule has 2 aromatic rings. The molecule has 5 nitrogen and oxygen atoms in total. The SMILES string of the molecule is CCn1ccc2cc(C3=CC=CN4CCS(=O)(=O)N=C34)ccc21. The number of nitrogens with zero attached hydrogens (tertiary/aromatic N) is 3. The highest BCUT2D eigenvalue weighted by atomic mass is 32.2. The summed E-state index contributed by atoms with van der Waals surface area (Å²) in [6.07, 6.45) is 7.81. The van der Waals surface area contributed by atoms with Crippen molar-refractivity contribution in [2.45, 2.75) is 13.5 Å². The van der Waals surface area contributed by atoms with E-state index in [-0.39, 0.29) is 5.75 Å². The van der Waals surface area contributed by atoms with Gasteiger partial charge in [-0.1, -0.05) is 6.07 Å². The van der Waals surface area contributed by atoms with Crippen molar-refractivity contribution in [2.75, 3.05) is 12.3 Å². The molecule has 1 aromatic carbocycles. The first kappa shape index (κ1) is 14.3. The number of allylic oxidation sites excluding steroid dienone is 2. The third kappa shape index (κ3) is 2.39. The first-order chi connectivity index (χ1) is 11.1. The van der Waals surface area contributed by atoms with Gasteiger partial charge in [0.2, 0.25) is 0 Å². The summed E-state index contributed by atoms with van der Waals surface area (Å²) in [5, 5.41) is 1.14. The molecule has 0 saturated carbocycles. The number of benzene rings is 1. The predicted octanol–water partition coefficient (Wildman–Crippen LogP) is 2.62. The van der Waals surface area contributed by atoms with Crippen LogP contribution in [0.2, 0.25) is 0 Å². The van der Waals surface area contributed by atoms with E-state index in [1.54, 1.807) is 0 Å². The molecule has 0 fully saturated rings. The van der Waals surface area contributed by atoms with Gasteiger partial charge in [0.15, 0.2) is 5.84 Å². The average molecular weight is 327 g/mol. The summed E-state index contributed by atoms with van der Waals surface area (Å²) in [5.41, 5.74) is 3.01. The van der Waals surface area contributed by atoms with E-state index in [4.69, 9.17) is 0 Å². The molecular formula is C17H17N3O2S. The van der Waals surface area contributed by atoms with Crippen molar-refractivity contribution in [2.24, 2.45) is 4.40 Å². The average Bonchev–Trinajstić information content (AvgIpc) is 2.95. The standard InChI is InChI=1S/C17H17N3O2S/c1-2-19-9-7-14-12-13(5-6-16(14)19)15-4-3-8-20-10-11-23(21,22)18-17(15)20/h3-9,12H,2,10-11H2,1H3. The zero-order valence-corrected chi connectivity index (χ0v) is 13.6. The number of hydrogen-bond acceptors (Lipinski definition) is 3. The number of fused-ring (bicyclic) bond motifs is 2. The zero-order valence-electron chi connectivity index (χ0n) is 12.8. The molecule has 4 rings (SSSR count). The Balaban J connectivity index is 1.84. The minimum Gasteiger partial charge on any atom is -0.348 e. The monoisotopic (exact) mass is 327 g/mol. The highest BCUT2D eigenvalue weighted by Crippen LogP contribution is 2.28. The Morgan fingerprint density at radius 1 is 1.26 bits per heavy atom. The van der Waals surface area contributed by atoms with Gasteiger partial charge in [0.1, 0.15) is 0 Å². The van der Waals surface area contributed by atoms with Gasteiger partial charge in [-0.25, -0.2) is 8.42 Å². The van der Waals surface area contributed by atoms with E-state index in [2.05, 4.69) is 40.3 Å². The molecule has 0 N–H and O–H groups in total. The summed E-state index contributed by atoms with van der Waals surface area (Å²) >= 11 is 0. The van der Waals surface area contributed by atoms with Crippen molar-refractivity contribution in [3.05, 3.63) is 54.4 Å². The van der Waals surface area contributed by atoms with Crippen LogP contribution in [-0.2, 0) is 16.6 Å². The third-order valence-corrected chi connectivity index (χ3v) is 5.43. The highest BCUT2D eigenvalue weighted by molar-refractivity contribution is 7.90. The number of sulfonamides is 1. The quantitative estimate of drug-likeness (QED) is 0.852. The van der Waals surface area contributed by atoms with E-state index in [1.807, 2.05) is 29.3 Å². The lowest BCUT2D eigenvalue weighted by Crippen LogP contribution is -2.37. The Morgan fingerprint density at radius 2 is 2.13 bits per heavy atom. The molecular weight excluding hydrogens is 310 g/mol. The molecule has 0 saturated heterocycles. The van der Waals surface area contributed by atoms with E-state index < -0.39 is 10.0 Å². The lowest BCUT2D eigenvalue weighted by atomic mass is 10.0. The third-order valence-electron chi connectivity index (χ3n) is 4.28.